The van der Waals surface area contributed by atoms with Gasteiger partial charge in [0, 0.05) is 18.5 Å². The van der Waals surface area contributed by atoms with Crippen LogP contribution in [0, 0.1) is 0 Å². The average Bonchev–Trinajstić information content (AvgIpc) is 2.67. The number of carboxylic acids is 2. The fraction of sp³-hybridized carbons (Fsp3) is 0.308. The lowest BCUT2D eigenvalue weighted by Gasteiger charge is -2.24. The van der Waals surface area contributed by atoms with E-state index < -0.39 is 23.9 Å². The maximum Gasteiger partial charge on any atom is 0.326 e. The lowest BCUT2D eigenvalue weighted by molar-refractivity contribution is -0.148. The van der Waals surface area contributed by atoms with Crippen LogP contribution in [-0.2, 0) is 14.4 Å². The first-order valence-corrected chi connectivity index (χ1v) is 7.04. The van der Waals surface area contributed by atoms with Crippen LogP contribution in [0.3, 0.4) is 0 Å². The van der Waals surface area contributed by atoms with Crippen LogP contribution in [0.5, 0.6) is 0 Å². The third kappa shape index (κ3) is 3.69. The van der Waals surface area contributed by atoms with Gasteiger partial charge in [0.05, 0.1) is 0 Å². The average molecular weight is 391 g/mol. The van der Waals surface area contributed by atoms with Crippen molar-refractivity contribution in [2.75, 3.05) is 6.54 Å². The molecule has 0 aromatic heterocycles. The van der Waals surface area contributed by atoms with E-state index in [4.69, 9.17) is 5.11 Å². The standard InChI is InChI=1S/C13H14INO5/c1-2-8-7-15(12(18)9(8)5-6-14)10(13(19)20)3-4-11(16)17/h2,5-6,10H,1,3-4,7H2,(H,16,17)(H,19,20)/b6-5-. The summed E-state index contributed by atoms with van der Waals surface area (Å²) in [6, 6.07) is -1.14. The van der Waals surface area contributed by atoms with Gasteiger partial charge in [0.25, 0.3) is 5.91 Å². The van der Waals surface area contributed by atoms with E-state index in [2.05, 4.69) is 6.58 Å². The van der Waals surface area contributed by atoms with Crippen LogP contribution in [-0.4, -0.2) is 45.5 Å². The Morgan fingerprint density at radius 1 is 1.45 bits per heavy atom. The van der Waals surface area contributed by atoms with Gasteiger partial charge in [-0.15, -0.1) is 0 Å². The number of aliphatic carboxylic acids is 2. The van der Waals surface area contributed by atoms with E-state index >= 15 is 0 Å². The predicted octanol–water partition coefficient (Wildman–Crippen LogP) is 1.58. The number of hydrogen-bond donors (Lipinski definition) is 2. The SMILES string of the molecule is C=CC1=C(/C=C\I)C(=O)N(C(CCC(=O)O)C(=O)O)C1. The van der Waals surface area contributed by atoms with Gasteiger partial charge in [-0.2, -0.15) is 0 Å². The Morgan fingerprint density at radius 2 is 2.10 bits per heavy atom. The summed E-state index contributed by atoms with van der Waals surface area (Å²) in [4.78, 5) is 35.2. The van der Waals surface area contributed by atoms with Crippen molar-refractivity contribution in [1.82, 2.24) is 4.90 Å². The number of rotatable bonds is 7. The Labute approximate surface area is 129 Å². The molecule has 7 heteroatoms. The molecule has 0 saturated heterocycles. The number of amides is 1. The second kappa shape index (κ2) is 7.22. The first-order valence-electron chi connectivity index (χ1n) is 5.80. The molecule has 6 nitrogen and oxygen atoms in total. The highest BCUT2D eigenvalue weighted by atomic mass is 127. The molecule has 1 aliphatic rings. The molecule has 1 heterocycles. The fourth-order valence-corrected chi connectivity index (χ4v) is 2.33. The molecule has 20 heavy (non-hydrogen) atoms. The van der Waals surface area contributed by atoms with E-state index in [-0.39, 0.29) is 19.4 Å². The molecule has 1 aliphatic heterocycles. The summed E-state index contributed by atoms with van der Waals surface area (Å²) in [6.07, 6.45) is 2.68. The number of carbonyl (C=O) groups excluding carboxylic acids is 1. The zero-order valence-electron chi connectivity index (χ0n) is 10.6. The Bertz CT molecular complexity index is 509. The summed E-state index contributed by atoms with van der Waals surface area (Å²) >= 11 is 1.96. The zero-order chi connectivity index (χ0) is 15.3. The molecule has 0 fully saturated rings. The minimum Gasteiger partial charge on any atom is -0.481 e. The van der Waals surface area contributed by atoms with Crippen LogP contribution in [0.25, 0.3) is 0 Å². The molecule has 0 saturated carbocycles. The quantitative estimate of drug-likeness (QED) is 0.643. The summed E-state index contributed by atoms with van der Waals surface area (Å²) in [6.45, 7) is 3.74. The molecule has 1 unspecified atom stereocenters. The summed E-state index contributed by atoms with van der Waals surface area (Å²) in [5.41, 5.74) is 1.04. The minimum atomic E-state index is -1.21. The molecule has 1 rings (SSSR count). The van der Waals surface area contributed by atoms with Crippen LogP contribution in [0.15, 0.2) is 34.0 Å². The Hall–Kier alpha value is -1.64. The van der Waals surface area contributed by atoms with Crippen LogP contribution >= 0.6 is 22.6 Å². The molecule has 0 aromatic carbocycles. The highest BCUT2D eigenvalue weighted by Gasteiger charge is 2.36. The molecular weight excluding hydrogens is 377 g/mol. The van der Waals surface area contributed by atoms with Crippen molar-refractivity contribution in [3.8, 4) is 0 Å². The van der Waals surface area contributed by atoms with E-state index in [0.717, 1.165) is 0 Å². The van der Waals surface area contributed by atoms with Gasteiger partial charge in [0.15, 0.2) is 0 Å². The molecule has 108 valence electrons. The normalized spacial score (nSPS) is 16.9. The van der Waals surface area contributed by atoms with E-state index in [9.17, 15) is 19.5 Å². The van der Waals surface area contributed by atoms with Gasteiger partial charge in [0.2, 0.25) is 0 Å². The smallest absolute Gasteiger partial charge is 0.326 e. The summed E-state index contributed by atoms with van der Waals surface area (Å²) in [5, 5.41) is 17.8. The summed E-state index contributed by atoms with van der Waals surface area (Å²) in [5.74, 6) is -2.71. The van der Waals surface area contributed by atoms with Crippen molar-refractivity contribution in [3.05, 3.63) is 34.0 Å². The topological polar surface area (TPSA) is 94.9 Å². The van der Waals surface area contributed by atoms with Gasteiger partial charge in [0.1, 0.15) is 6.04 Å². The zero-order valence-corrected chi connectivity index (χ0v) is 12.7. The highest BCUT2D eigenvalue weighted by molar-refractivity contribution is 14.1. The van der Waals surface area contributed by atoms with E-state index in [1.54, 1.807) is 10.2 Å². The van der Waals surface area contributed by atoms with Crippen LogP contribution in [0.4, 0.5) is 0 Å². The third-order valence-corrected chi connectivity index (χ3v) is 3.31. The highest BCUT2D eigenvalue weighted by Crippen LogP contribution is 2.25. The molecule has 0 radical (unpaired) electrons. The lowest BCUT2D eigenvalue weighted by Crippen LogP contribution is -2.43. The first-order chi connectivity index (χ1) is 9.42. The van der Waals surface area contributed by atoms with Crippen molar-refractivity contribution in [3.63, 3.8) is 0 Å². The molecule has 0 spiro atoms. The van der Waals surface area contributed by atoms with Gasteiger partial charge in [-0.1, -0.05) is 35.2 Å². The van der Waals surface area contributed by atoms with E-state index in [1.165, 1.54) is 11.0 Å². The monoisotopic (exact) mass is 391 g/mol. The second-order valence-corrected chi connectivity index (χ2v) is 4.87. The third-order valence-electron chi connectivity index (χ3n) is 2.95. The number of halogens is 1. The Morgan fingerprint density at radius 3 is 2.55 bits per heavy atom. The maximum atomic E-state index is 12.2. The van der Waals surface area contributed by atoms with Crippen molar-refractivity contribution < 1.29 is 24.6 Å². The van der Waals surface area contributed by atoms with Crippen molar-refractivity contribution in [2.45, 2.75) is 18.9 Å². The number of hydrogen-bond acceptors (Lipinski definition) is 3. The van der Waals surface area contributed by atoms with Crippen LogP contribution in [0.2, 0.25) is 0 Å². The maximum absolute atomic E-state index is 12.2. The number of carboxylic acid groups (broad SMARTS) is 2. The molecular formula is C13H14INO5. The van der Waals surface area contributed by atoms with Gasteiger partial charge in [-0.25, -0.2) is 4.79 Å². The van der Waals surface area contributed by atoms with Gasteiger partial charge >= 0.3 is 11.9 Å². The Kier molecular flexibility index (Phi) is 5.93. The van der Waals surface area contributed by atoms with Crippen LogP contribution < -0.4 is 0 Å². The van der Waals surface area contributed by atoms with Crippen molar-refractivity contribution in [1.29, 1.82) is 0 Å². The molecule has 1 atom stereocenters. The molecule has 2 N–H and O–H groups in total. The van der Waals surface area contributed by atoms with E-state index in [1.807, 2.05) is 22.6 Å². The second-order valence-electron chi connectivity index (χ2n) is 4.16. The van der Waals surface area contributed by atoms with E-state index in [0.29, 0.717) is 11.1 Å². The molecule has 0 aromatic rings. The van der Waals surface area contributed by atoms with Crippen molar-refractivity contribution in [2.24, 2.45) is 0 Å². The summed E-state index contributed by atoms with van der Waals surface area (Å²) < 4.78 is 1.66. The fourth-order valence-electron chi connectivity index (χ4n) is 1.97. The summed E-state index contributed by atoms with van der Waals surface area (Å²) in [7, 11) is 0. The minimum absolute atomic E-state index is 0.123. The van der Waals surface area contributed by atoms with Gasteiger partial charge in [-0.3, -0.25) is 9.59 Å². The molecule has 0 bridgehead atoms. The molecule has 0 aliphatic carbocycles. The van der Waals surface area contributed by atoms with Crippen molar-refractivity contribution >= 4 is 40.4 Å². The van der Waals surface area contributed by atoms with Crippen LogP contribution in [0.1, 0.15) is 12.8 Å². The van der Waals surface area contributed by atoms with Gasteiger partial charge in [-0.05, 0) is 22.2 Å². The largest absolute Gasteiger partial charge is 0.481 e. The lowest BCUT2D eigenvalue weighted by atomic mass is 10.1. The Balaban J connectivity index is 2.96. The number of carbonyl (C=O) groups is 3. The molecule has 1 amide bonds. The number of nitrogens with zero attached hydrogens (tertiary/aromatic N) is 1. The predicted molar refractivity (Wildman–Crippen MR) is 80.4 cm³/mol. The first kappa shape index (κ1) is 16.4. The van der Waals surface area contributed by atoms with Gasteiger partial charge < -0.3 is 15.1 Å².